The zero-order valence-electron chi connectivity index (χ0n) is 10.2. The van der Waals surface area contributed by atoms with Crippen molar-refractivity contribution in [3.63, 3.8) is 0 Å². The van der Waals surface area contributed by atoms with Crippen LogP contribution in [-0.2, 0) is 9.59 Å². The lowest BCUT2D eigenvalue weighted by Gasteiger charge is -2.19. The van der Waals surface area contributed by atoms with Crippen molar-refractivity contribution in [1.82, 2.24) is 5.32 Å². The summed E-state index contributed by atoms with van der Waals surface area (Å²) in [7, 11) is 0. The van der Waals surface area contributed by atoms with Gasteiger partial charge in [-0.2, -0.15) is 0 Å². The van der Waals surface area contributed by atoms with Crippen LogP contribution in [0.2, 0.25) is 0 Å². The molecule has 0 aliphatic heterocycles. The first-order valence-corrected chi connectivity index (χ1v) is 6.10. The van der Waals surface area contributed by atoms with Crippen molar-refractivity contribution in [2.45, 2.75) is 52.0 Å². The lowest BCUT2D eigenvalue weighted by atomic mass is 10.0. The number of amides is 2. The van der Waals surface area contributed by atoms with Crippen LogP contribution in [0.5, 0.6) is 0 Å². The molecule has 0 bridgehead atoms. The van der Waals surface area contributed by atoms with Gasteiger partial charge in [-0.1, -0.05) is 26.7 Å². The van der Waals surface area contributed by atoms with Crippen molar-refractivity contribution in [1.29, 1.82) is 0 Å². The van der Waals surface area contributed by atoms with Crippen molar-refractivity contribution in [2.75, 3.05) is 0 Å². The maximum Gasteiger partial charge on any atom is 0.240 e. The summed E-state index contributed by atoms with van der Waals surface area (Å²) in [5, 5.41) is 2.78. The smallest absolute Gasteiger partial charge is 0.240 e. The summed E-state index contributed by atoms with van der Waals surface area (Å²) < 4.78 is 0. The van der Waals surface area contributed by atoms with E-state index in [9.17, 15) is 9.59 Å². The van der Waals surface area contributed by atoms with Crippen LogP contribution < -0.4 is 11.1 Å². The van der Waals surface area contributed by atoms with Gasteiger partial charge in [0.1, 0.15) is 6.04 Å². The Morgan fingerprint density at radius 3 is 2.31 bits per heavy atom. The van der Waals surface area contributed by atoms with Gasteiger partial charge in [-0.05, 0) is 25.2 Å². The highest BCUT2D eigenvalue weighted by atomic mass is 16.2. The predicted molar refractivity (Wildman–Crippen MR) is 62.5 cm³/mol. The molecular formula is C12H22N2O2. The fourth-order valence-corrected chi connectivity index (χ4v) is 2.20. The number of nitrogens with two attached hydrogens (primary N) is 1. The molecule has 4 heteroatoms. The molecule has 1 aliphatic carbocycles. The Labute approximate surface area is 97.0 Å². The zero-order chi connectivity index (χ0) is 12.1. The summed E-state index contributed by atoms with van der Waals surface area (Å²) in [6.45, 7) is 4.02. The Balaban J connectivity index is 2.47. The van der Waals surface area contributed by atoms with Crippen molar-refractivity contribution < 1.29 is 9.59 Å². The highest BCUT2D eigenvalue weighted by Gasteiger charge is 2.26. The Kier molecular flexibility index (Phi) is 4.77. The van der Waals surface area contributed by atoms with Gasteiger partial charge in [-0.3, -0.25) is 9.59 Å². The molecule has 16 heavy (non-hydrogen) atoms. The minimum Gasteiger partial charge on any atom is -0.368 e. The Bertz CT molecular complexity index is 258. The van der Waals surface area contributed by atoms with Crippen LogP contribution in [0.1, 0.15) is 46.0 Å². The van der Waals surface area contributed by atoms with E-state index in [1.807, 2.05) is 13.8 Å². The molecule has 0 spiro atoms. The third kappa shape index (κ3) is 3.83. The van der Waals surface area contributed by atoms with Crippen molar-refractivity contribution >= 4 is 11.8 Å². The van der Waals surface area contributed by atoms with Crippen molar-refractivity contribution in [3.05, 3.63) is 0 Å². The molecule has 0 heterocycles. The summed E-state index contributed by atoms with van der Waals surface area (Å²) in [4.78, 5) is 23.0. The molecule has 1 unspecified atom stereocenters. The summed E-state index contributed by atoms with van der Waals surface area (Å²) in [5.74, 6) is 0.0115. The molecule has 0 saturated heterocycles. The number of hydrogen-bond donors (Lipinski definition) is 2. The SMILES string of the molecule is CC(C)CC(NC(=O)C1CCCC1)C(N)=O. The molecule has 92 valence electrons. The molecule has 0 aromatic carbocycles. The van der Waals surface area contributed by atoms with Crippen molar-refractivity contribution in [2.24, 2.45) is 17.6 Å². The van der Waals surface area contributed by atoms with Crippen LogP contribution >= 0.6 is 0 Å². The molecule has 0 radical (unpaired) electrons. The fourth-order valence-electron chi connectivity index (χ4n) is 2.20. The molecular weight excluding hydrogens is 204 g/mol. The van der Waals surface area contributed by atoms with Crippen LogP contribution in [0, 0.1) is 11.8 Å². The lowest BCUT2D eigenvalue weighted by Crippen LogP contribution is -2.46. The Morgan fingerprint density at radius 1 is 1.31 bits per heavy atom. The minimum atomic E-state index is -0.506. The molecule has 1 saturated carbocycles. The lowest BCUT2D eigenvalue weighted by molar-refractivity contribution is -0.130. The molecule has 2 amide bonds. The normalized spacial score (nSPS) is 18.7. The quantitative estimate of drug-likeness (QED) is 0.739. The monoisotopic (exact) mass is 226 g/mol. The summed E-state index contributed by atoms with van der Waals surface area (Å²) in [6.07, 6.45) is 4.73. The third-order valence-electron chi connectivity index (χ3n) is 3.09. The third-order valence-corrected chi connectivity index (χ3v) is 3.09. The standard InChI is InChI=1S/C12H22N2O2/c1-8(2)7-10(11(13)15)14-12(16)9-5-3-4-6-9/h8-10H,3-7H2,1-2H3,(H2,13,15)(H,14,16). The van der Waals surface area contributed by atoms with Gasteiger partial charge in [0.25, 0.3) is 0 Å². The topological polar surface area (TPSA) is 72.2 Å². The first-order chi connectivity index (χ1) is 7.50. The van der Waals surface area contributed by atoms with E-state index in [-0.39, 0.29) is 11.8 Å². The summed E-state index contributed by atoms with van der Waals surface area (Å²) >= 11 is 0. The molecule has 0 aromatic rings. The van der Waals surface area contributed by atoms with Gasteiger partial charge in [0.2, 0.25) is 11.8 Å². The van der Waals surface area contributed by atoms with E-state index in [2.05, 4.69) is 5.32 Å². The number of hydrogen-bond acceptors (Lipinski definition) is 2. The highest BCUT2D eigenvalue weighted by molar-refractivity contribution is 5.87. The second kappa shape index (κ2) is 5.87. The van der Waals surface area contributed by atoms with Gasteiger partial charge < -0.3 is 11.1 Å². The van der Waals surface area contributed by atoms with Gasteiger partial charge in [-0.25, -0.2) is 0 Å². The van der Waals surface area contributed by atoms with E-state index in [0.29, 0.717) is 12.3 Å². The number of rotatable bonds is 5. The molecule has 1 fully saturated rings. The van der Waals surface area contributed by atoms with Crippen LogP contribution in [0.15, 0.2) is 0 Å². The maximum atomic E-state index is 11.8. The largest absolute Gasteiger partial charge is 0.368 e. The average Bonchev–Trinajstić information content (AvgIpc) is 2.68. The van der Waals surface area contributed by atoms with E-state index in [0.717, 1.165) is 25.7 Å². The van der Waals surface area contributed by atoms with Crippen LogP contribution in [0.3, 0.4) is 0 Å². The Hall–Kier alpha value is -1.06. The van der Waals surface area contributed by atoms with E-state index in [4.69, 9.17) is 5.73 Å². The first kappa shape index (κ1) is 13.0. The Morgan fingerprint density at radius 2 is 1.88 bits per heavy atom. The first-order valence-electron chi connectivity index (χ1n) is 6.10. The number of primary amides is 1. The molecule has 0 aromatic heterocycles. The van der Waals surface area contributed by atoms with E-state index in [1.54, 1.807) is 0 Å². The van der Waals surface area contributed by atoms with Gasteiger partial charge in [0, 0.05) is 5.92 Å². The van der Waals surface area contributed by atoms with E-state index < -0.39 is 11.9 Å². The fraction of sp³-hybridized carbons (Fsp3) is 0.833. The molecule has 3 N–H and O–H groups in total. The summed E-state index contributed by atoms with van der Waals surface area (Å²) in [6, 6.07) is -0.506. The minimum absolute atomic E-state index is 0.00181. The molecule has 1 rings (SSSR count). The van der Waals surface area contributed by atoms with Crippen molar-refractivity contribution in [3.8, 4) is 0 Å². The number of carbonyl (C=O) groups is 2. The van der Waals surface area contributed by atoms with Crippen LogP contribution in [-0.4, -0.2) is 17.9 Å². The van der Waals surface area contributed by atoms with Gasteiger partial charge in [0.15, 0.2) is 0 Å². The second-order valence-electron chi connectivity index (χ2n) is 5.07. The molecule has 1 aliphatic rings. The molecule has 1 atom stereocenters. The predicted octanol–water partition coefficient (Wildman–Crippen LogP) is 1.19. The highest BCUT2D eigenvalue weighted by Crippen LogP contribution is 2.24. The van der Waals surface area contributed by atoms with Gasteiger partial charge >= 0.3 is 0 Å². The zero-order valence-corrected chi connectivity index (χ0v) is 10.2. The second-order valence-corrected chi connectivity index (χ2v) is 5.07. The van der Waals surface area contributed by atoms with E-state index >= 15 is 0 Å². The average molecular weight is 226 g/mol. The summed E-state index contributed by atoms with van der Waals surface area (Å²) in [5.41, 5.74) is 5.28. The van der Waals surface area contributed by atoms with Crippen LogP contribution in [0.4, 0.5) is 0 Å². The number of nitrogens with one attached hydrogen (secondary N) is 1. The van der Waals surface area contributed by atoms with E-state index in [1.165, 1.54) is 0 Å². The maximum absolute atomic E-state index is 11.8. The van der Waals surface area contributed by atoms with Crippen LogP contribution in [0.25, 0.3) is 0 Å². The number of carbonyl (C=O) groups excluding carboxylic acids is 2. The van der Waals surface area contributed by atoms with Gasteiger partial charge in [-0.15, -0.1) is 0 Å². The molecule has 4 nitrogen and oxygen atoms in total. The van der Waals surface area contributed by atoms with Gasteiger partial charge in [0.05, 0.1) is 0 Å².